The molecule has 2 aromatic carbocycles. The van der Waals surface area contributed by atoms with Crippen molar-refractivity contribution in [3.63, 3.8) is 0 Å². The molecular weight excluding hydrogens is 338 g/mol. The first-order chi connectivity index (χ1) is 12.0. The SMILES string of the molecule is CCSc1cc(C(=O)O)ccc1NC(=O)c1nn(C)c2ccccc12. The third-order valence-corrected chi connectivity index (χ3v) is 4.69. The molecule has 0 unspecified atom stereocenters. The lowest BCUT2D eigenvalue weighted by Gasteiger charge is -2.10. The van der Waals surface area contributed by atoms with Gasteiger partial charge in [-0.1, -0.05) is 25.1 Å². The molecule has 0 bridgehead atoms. The molecule has 0 aliphatic rings. The van der Waals surface area contributed by atoms with Gasteiger partial charge < -0.3 is 10.4 Å². The van der Waals surface area contributed by atoms with E-state index in [0.717, 1.165) is 21.6 Å². The van der Waals surface area contributed by atoms with Crippen molar-refractivity contribution >= 4 is 40.2 Å². The van der Waals surface area contributed by atoms with Gasteiger partial charge in [-0.05, 0) is 30.0 Å². The molecule has 1 aromatic heterocycles. The van der Waals surface area contributed by atoms with E-state index in [1.165, 1.54) is 17.8 Å². The number of amides is 1. The van der Waals surface area contributed by atoms with E-state index in [1.54, 1.807) is 23.9 Å². The van der Waals surface area contributed by atoms with Crippen LogP contribution in [0.25, 0.3) is 10.9 Å². The molecule has 1 amide bonds. The molecule has 0 atom stereocenters. The van der Waals surface area contributed by atoms with Crippen LogP contribution in [0.3, 0.4) is 0 Å². The fourth-order valence-electron chi connectivity index (χ4n) is 2.60. The van der Waals surface area contributed by atoms with Gasteiger partial charge >= 0.3 is 5.97 Å². The van der Waals surface area contributed by atoms with Crippen molar-refractivity contribution in [2.24, 2.45) is 7.05 Å². The highest BCUT2D eigenvalue weighted by molar-refractivity contribution is 7.99. The summed E-state index contributed by atoms with van der Waals surface area (Å²) < 4.78 is 1.67. The molecule has 0 saturated carbocycles. The average Bonchev–Trinajstić information content (AvgIpc) is 2.94. The molecule has 3 aromatic rings. The van der Waals surface area contributed by atoms with Crippen molar-refractivity contribution in [1.29, 1.82) is 0 Å². The Balaban J connectivity index is 1.96. The Bertz CT molecular complexity index is 965. The predicted molar refractivity (Wildman–Crippen MR) is 98.5 cm³/mol. The van der Waals surface area contributed by atoms with Gasteiger partial charge in [-0.3, -0.25) is 9.48 Å². The second-order valence-electron chi connectivity index (χ2n) is 5.39. The summed E-state index contributed by atoms with van der Waals surface area (Å²) in [6.45, 7) is 1.97. The highest BCUT2D eigenvalue weighted by atomic mass is 32.2. The fraction of sp³-hybridized carbons (Fsp3) is 0.167. The number of benzene rings is 2. The van der Waals surface area contributed by atoms with Crippen molar-refractivity contribution in [3.8, 4) is 0 Å². The van der Waals surface area contributed by atoms with Crippen molar-refractivity contribution in [2.45, 2.75) is 11.8 Å². The first-order valence-electron chi connectivity index (χ1n) is 7.74. The Labute approximate surface area is 148 Å². The lowest BCUT2D eigenvalue weighted by molar-refractivity contribution is 0.0696. The fourth-order valence-corrected chi connectivity index (χ4v) is 3.39. The molecule has 25 heavy (non-hydrogen) atoms. The molecule has 2 N–H and O–H groups in total. The van der Waals surface area contributed by atoms with Crippen molar-refractivity contribution in [1.82, 2.24) is 9.78 Å². The number of carbonyl (C=O) groups is 2. The monoisotopic (exact) mass is 355 g/mol. The number of anilines is 1. The van der Waals surface area contributed by atoms with Crippen molar-refractivity contribution < 1.29 is 14.7 Å². The zero-order valence-corrected chi connectivity index (χ0v) is 14.6. The number of nitrogens with zero attached hydrogens (tertiary/aromatic N) is 2. The molecule has 0 fully saturated rings. The van der Waals surface area contributed by atoms with Gasteiger partial charge in [0.05, 0.1) is 16.8 Å². The standard InChI is InChI=1S/C18H17N3O3S/c1-3-25-15-10-11(18(23)24)8-9-13(15)19-17(22)16-12-6-4-5-7-14(12)21(2)20-16/h4-10H,3H2,1-2H3,(H,19,22)(H,23,24). The van der Waals surface area contributed by atoms with Crippen molar-refractivity contribution in [2.75, 3.05) is 11.1 Å². The Kier molecular flexibility index (Phi) is 4.76. The Morgan fingerprint density at radius 3 is 2.72 bits per heavy atom. The normalized spacial score (nSPS) is 10.8. The number of rotatable bonds is 5. The molecule has 128 valence electrons. The number of thioether (sulfide) groups is 1. The Hall–Kier alpha value is -2.80. The van der Waals surface area contributed by atoms with E-state index in [4.69, 9.17) is 5.11 Å². The molecule has 1 heterocycles. The number of carboxylic acid groups (broad SMARTS) is 1. The van der Waals surface area contributed by atoms with Gasteiger partial charge in [-0.15, -0.1) is 11.8 Å². The lowest BCUT2D eigenvalue weighted by atomic mass is 10.2. The number of carbonyl (C=O) groups excluding carboxylic acids is 1. The van der Waals surface area contributed by atoms with Crippen LogP contribution in [0, 0.1) is 0 Å². The summed E-state index contributed by atoms with van der Waals surface area (Å²) in [5.74, 6) is -0.553. The number of para-hydroxylation sites is 1. The quantitative estimate of drug-likeness (QED) is 0.683. The van der Waals surface area contributed by atoms with Gasteiger partial charge in [-0.25, -0.2) is 4.79 Å². The maximum Gasteiger partial charge on any atom is 0.335 e. The maximum atomic E-state index is 12.7. The number of hydrogen-bond acceptors (Lipinski definition) is 4. The number of nitrogens with one attached hydrogen (secondary N) is 1. The molecule has 3 rings (SSSR count). The second-order valence-corrected chi connectivity index (χ2v) is 6.70. The number of aromatic nitrogens is 2. The zero-order valence-electron chi connectivity index (χ0n) is 13.8. The van der Waals surface area contributed by atoms with E-state index in [0.29, 0.717) is 11.4 Å². The van der Waals surface area contributed by atoms with Crippen molar-refractivity contribution in [3.05, 3.63) is 53.7 Å². The maximum absolute atomic E-state index is 12.7. The summed E-state index contributed by atoms with van der Waals surface area (Å²) in [6.07, 6.45) is 0. The van der Waals surface area contributed by atoms with Crippen LogP contribution in [0.1, 0.15) is 27.8 Å². The minimum Gasteiger partial charge on any atom is -0.478 e. The van der Waals surface area contributed by atoms with Gasteiger partial charge in [0.15, 0.2) is 5.69 Å². The van der Waals surface area contributed by atoms with E-state index in [-0.39, 0.29) is 11.5 Å². The highest BCUT2D eigenvalue weighted by Gasteiger charge is 2.18. The van der Waals surface area contributed by atoms with E-state index in [1.807, 2.05) is 31.2 Å². The second kappa shape index (κ2) is 6.98. The molecule has 6 nitrogen and oxygen atoms in total. The van der Waals surface area contributed by atoms with Crippen LogP contribution in [0.15, 0.2) is 47.4 Å². The van der Waals surface area contributed by atoms with Gasteiger partial charge in [0.1, 0.15) is 0 Å². The summed E-state index contributed by atoms with van der Waals surface area (Å²) in [5.41, 5.74) is 1.98. The van der Waals surface area contributed by atoms with Crippen LogP contribution in [-0.2, 0) is 7.05 Å². The predicted octanol–water partition coefficient (Wildman–Crippen LogP) is 3.64. The van der Waals surface area contributed by atoms with Gasteiger partial charge in [0.2, 0.25) is 0 Å². The zero-order chi connectivity index (χ0) is 18.0. The molecule has 0 saturated heterocycles. The van der Waals surface area contributed by atoms with E-state index < -0.39 is 5.97 Å². The van der Waals surface area contributed by atoms with E-state index >= 15 is 0 Å². The van der Waals surface area contributed by atoms with Gasteiger partial charge in [0.25, 0.3) is 5.91 Å². The molecule has 7 heteroatoms. The minimum absolute atomic E-state index is 0.192. The summed E-state index contributed by atoms with van der Waals surface area (Å²) >= 11 is 1.48. The topological polar surface area (TPSA) is 84.2 Å². The van der Waals surface area contributed by atoms with Crippen LogP contribution in [0.5, 0.6) is 0 Å². The first-order valence-corrected chi connectivity index (χ1v) is 8.73. The summed E-state index contributed by atoms with van der Waals surface area (Å²) in [6, 6.07) is 12.2. The Morgan fingerprint density at radius 1 is 1.24 bits per heavy atom. The largest absolute Gasteiger partial charge is 0.478 e. The molecule has 0 aliphatic heterocycles. The average molecular weight is 355 g/mol. The summed E-state index contributed by atoms with van der Waals surface area (Å²) in [4.78, 5) is 24.6. The number of hydrogen-bond donors (Lipinski definition) is 2. The van der Waals surface area contributed by atoms with Crippen LogP contribution in [0.2, 0.25) is 0 Å². The minimum atomic E-state index is -0.994. The van der Waals surface area contributed by atoms with Gasteiger partial charge in [-0.2, -0.15) is 5.10 Å². The number of aromatic carboxylic acids is 1. The number of aryl methyl sites for hydroxylation is 1. The molecule has 0 spiro atoms. The Morgan fingerprint density at radius 2 is 2.00 bits per heavy atom. The summed E-state index contributed by atoms with van der Waals surface area (Å²) in [5, 5.41) is 17.1. The van der Waals surface area contributed by atoms with Crippen LogP contribution in [-0.4, -0.2) is 32.5 Å². The van der Waals surface area contributed by atoms with Crippen LogP contribution >= 0.6 is 11.8 Å². The smallest absolute Gasteiger partial charge is 0.335 e. The van der Waals surface area contributed by atoms with E-state index in [2.05, 4.69) is 10.4 Å². The molecular formula is C18H17N3O3S. The first kappa shape index (κ1) is 17.0. The lowest BCUT2D eigenvalue weighted by Crippen LogP contribution is -2.14. The number of carboxylic acids is 1. The highest BCUT2D eigenvalue weighted by Crippen LogP contribution is 2.29. The van der Waals surface area contributed by atoms with Gasteiger partial charge in [0, 0.05) is 17.3 Å². The van der Waals surface area contributed by atoms with Crippen LogP contribution < -0.4 is 5.32 Å². The summed E-state index contributed by atoms with van der Waals surface area (Å²) in [7, 11) is 1.79. The third-order valence-electron chi connectivity index (χ3n) is 3.75. The van der Waals surface area contributed by atoms with Crippen LogP contribution in [0.4, 0.5) is 5.69 Å². The molecule has 0 aliphatic carbocycles. The van der Waals surface area contributed by atoms with E-state index in [9.17, 15) is 9.59 Å². The number of fused-ring (bicyclic) bond motifs is 1. The molecule has 0 radical (unpaired) electrons. The third kappa shape index (κ3) is 3.36.